The molecule has 0 aliphatic rings. The maximum Gasteiger partial charge on any atom is 0.0383 e. The number of carbonyl (C=O) groups is 1. The first-order chi connectivity index (χ1) is 1.73. The molecule has 0 aliphatic heterocycles. The van der Waals surface area contributed by atoms with Crippen LogP contribution in [0.25, 0.3) is 0 Å². The van der Waals surface area contributed by atoms with Gasteiger partial charge in [0, 0.05) is 5.97 Å². The summed E-state index contributed by atoms with van der Waals surface area (Å²) in [6, 6.07) is 0. The lowest BCUT2D eigenvalue weighted by atomic mass is 10.9. The summed E-state index contributed by atoms with van der Waals surface area (Å²) < 4.78 is 0. The van der Waals surface area contributed by atoms with Crippen LogP contribution in [0.4, 0.5) is 0 Å². The summed E-state index contributed by atoms with van der Waals surface area (Å²) in [5.41, 5.74) is 0. The van der Waals surface area contributed by atoms with Crippen LogP contribution in [0.5, 0.6) is 0 Å². The van der Waals surface area contributed by atoms with Crippen molar-refractivity contribution in [3.05, 3.63) is 0 Å². The summed E-state index contributed by atoms with van der Waals surface area (Å²) in [4.78, 5) is 8.89. The predicted octanol–water partition coefficient (Wildman–Crippen LogP) is -2.07. The number of hydrogen-bond donors (Lipinski definition) is 0. The molecule has 2 N–H and O–H groups in total. The molecular formula is C2H5O3-. The van der Waals surface area contributed by atoms with Crippen LogP contribution in [0.1, 0.15) is 6.92 Å². The molecule has 0 fully saturated rings. The van der Waals surface area contributed by atoms with E-state index in [0.29, 0.717) is 0 Å². The van der Waals surface area contributed by atoms with E-state index < -0.39 is 5.97 Å². The number of rotatable bonds is 0. The van der Waals surface area contributed by atoms with E-state index in [2.05, 4.69) is 0 Å². The number of hydrogen-bond acceptors (Lipinski definition) is 2. The third-order valence-electron chi connectivity index (χ3n) is 0. The molecule has 0 spiro atoms. The lowest BCUT2D eigenvalue weighted by Crippen LogP contribution is -2.16. The van der Waals surface area contributed by atoms with Crippen LogP contribution >= 0.6 is 0 Å². The van der Waals surface area contributed by atoms with Crippen molar-refractivity contribution in [1.29, 1.82) is 0 Å². The van der Waals surface area contributed by atoms with E-state index in [0.717, 1.165) is 6.92 Å². The van der Waals surface area contributed by atoms with E-state index >= 15 is 0 Å². The van der Waals surface area contributed by atoms with Crippen molar-refractivity contribution in [3.63, 3.8) is 0 Å². The van der Waals surface area contributed by atoms with Gasteiger partial charge in [0.05, 0.1) is 0 Å². The minimum absolute atomic E-state index is 0. The van der Waals surface area contributed by atoms with Crippen molar-refractivity contribution in [2.75, 3.05) is 0 Å². The smallest absolute Gasteiger partial charge is 0.0383 e. The first-order valence-corrected chi connectivity index (χ1v) is 0.908. The summed E-state index contributed by atoms with van der Waals surface area (Å²) in [6.07, 6.45) is 0. The summed E-state index contributed by atoms with van der Waals surface area (Å²) in [5, 5.41) is 8.89. The SMILES string of the molecule is CC(=O)[O-].O. The Balaban J connectivity index is 0. The van der Waals surface area contributed by atoms with Crippen LogP contribution in [0.2, 0.25) is 0 Å². The summed E-state index contributed by atoms with van der Waals surface area (Å²) >= 11 is 0. The van der Waals surface area contributed by atoms with E-state index in [4.69, 9.17) is 9.90 Å². The fourth-order valence-electron chi connectivity index (χ4n) is 0. The monoisotopic (exact) mass is 77.0 g/mol. The fraction of sp³-hybridized carbons (Fsp3) is 0.500. The number of carboxylic acids is 1. The van der Waals surface area contributed by atoms with Crippen molar-refractivity contribution in [3.8, 4) is 0 Å². The zero-order chi connectivity index (χ0) is 3.58. The van der Waals surface area contributed by atoms with Crippen LogP contribution in [0, 0.1) is 0 Å². The van der Waals surface area contributed by atoms with Gasteiger partial charge in [0.2, 0.25) is 0 Å². The first-order valence-electron chi connectivity index (χ1n) is 0.908. The normalized spacial score (nSPS) is 5.00. The zero-order valence-corrected chi connectivity index (χ0v) is 2.82. The molecule has 5 heavy (non-hydrogen) atoms. The summed E-state index contributed by atoms with van der Waals surface area (Å²) in [6.45, 7) is 0.972. The van der Waals surface area contributed by atoms with E-state index in [1.54, 1.807) is 0 Å². The zero-order valence-electron chi connectivity index (χ0n) is 2.82. The second kappa shape index (κ2) is 3.43. The Hall–Kier alpha value is -0.570. The maximum absolute atomic E-state index is 8.89. The van der Waals surface area contributed by atoms with Crippen molar-refractivity contribution < 1.29 is 15.4 Å². The number of carbonyl (C=O) groups excluding carboxylic acids is 1. The van der Waals surface area contributed by atoms with Crippen LogP contribution in [-0.2, 0) is 4.79 Å². The van der Waals surface area contributed by atoms with Gasteiger partial charge >= 0.3 is 0 Å². The average Bonchev–Trinajstić information content (AvgIpc) is 0.811. The molecule has 0 aromatic carbocycles. The molecule has 0 bridgehead atoms. The van der Waals surface area contributed by atoms with Crippen molar-refractivity contribution in [2.24, 2.45) is 0 Å². The fourth-order valence-corrected chi connectivity index (χ4v) is 0. The number of carboxylic acid groups (broad SMARTS) is 1. The molecule has 32 valence electrons. The molecule has 0 radical (unpaired) electrons. The van der Waals surface area contributed by atoms with Crippen LogP contribution in [-0.4, -0.2) is 11.4 Å². The maximum atomic E-state index is 8.89. The summed E-state index contributed by atoms with van der Waals surface area (Å²) in [7, 11) is 0. The molecule has 3 heteroatoms. The van der Waals surface area contributed by atoms with Gasteiger partial charge in [-0.2, -0.15) is 0 Å². The van der Waals surface area contributed by atoms with Gasteiger partial charge < -0.3 is 15.4 Å². The van der Waals surface area contributed by atoms with Crippen LogP contribution in [0.3, 0.4) is 0 Å². The molecule has 0 atom stereocenters. The topological polar surface area (TPSA) is 71.6 Å². The lowest BCUT2D eigenvalue weighted by Gasteiger charge is -1.77. The first kappa shape index (κ1) is 8.83. The highest BCUT2D eigenvalue weighted by Crippen LogP contribution is 1.31. The molecule has 0 amide bonds. The minimum atomic E-state index is -1.08. The standard InChI is InChI=1S/C2H4O2.H2O/c1-2(3)4;/h1H3,(H,3,4);1H2/p-1. The molecule has 3 nitrogen and oxygen atoms in total. The summed E-state index contributed by atoms with van der Waals surface area (Å²) in [5.74, 6) is -1.08. The van der Waals surface area contributed by atoms with E-state index in [9.17, 15) is 0 Å². The van der Waals surface area contributed by atoms with Gasteiger partial charge in [-0.1, -0.05) is 0 Å². The Labute approximate surface area is 29.5 Å². The third-order valence-corrected chi connectivity index (χ3v) is 0. The molecule has 0 aliphatic carbocycles. The highest BCUT2D eigenvalue weighted by Gasteiger charge is 1.46. The predicted molar refractivity (Wildman–Crippen MR) is 14.3 cm³/mol. The molecule has 0 aromatic heterocycles. The van der Waals surface area contributed by atoms with Crippen molar-refractivity contribution in [2.45, 2.75) is 6.92 Å². The molecular weight excluding hydrogens is 72.0 g/mol. The Morgan fingerprint density at radius 2 is 1.80 bits per heavy atom. The van der Waals surface area contributed by atoms with Gasteiger partial charge in [-0.05, 0) is 6.92 Å². The second-order valence-corrected chi connectivity index (χ2v) is 0.492. The largest absolute Gasteiger partial charge is 0.550 e. The van der Waals surface area contributed by atoms with Gasteiger partial charge in [-0.3, -0.25) is 0 Å². The Morgan fingerprint density at radius 3 is 1.80 bits per heavy atom. The van der Waals surface area contributed by atoms with Gasteiger partial charge in [-0.25, -0.2) is 0 Å². The van der Waals surface area contributed by atoms with Crippen LogP contribution in [0.15, 0.2) is 0 Å². The van der Waals surface area contributed by atoms with Crippen LogP contribution < -0.4 is 5.11 Å². The van der Waals surface area contributed by atoms with Gasteiger partial charge in [-0.15, -0.1) is 0 Å². The molecule has 0 unspecified atom stereocenters. The van der Waals surface area contributed by atoms with Gasteiger partial charge in [0.25, 0.3) is 0 Å². The highest BCUT2D eigenvalue weighted by atomic mass is 16.4. The molecule has 0 heterocycles. The lowest BCUT2D eigenvalue weighted by molar-refractivity contribution is -0.302. The Kier molecular flexibility index (Phi) is 6.05. The highest BCUT2D eigenvalue weighted by molar-refractivity contribution is 5.60. The minimum Gasteiger partial charge on any atom is -0.550 e. The van der Waals surface area contributed by atoms with Gasteiger partial charge in [0.1, 0.15) is 0 Å². The molecule has 0 aromatic rings. The van der Waals surface area contributed by atoms with E-state index in [1.807, 2.05) is 0 Å². The third kappa shape index (κ3) is 21.6. The number of aliphatic carboxylic acids is 1. The van der Waals surface area contributed by atoms with E-state index in [1.165, 1.54) is 0 Å². The second-order valence-electron chi connectivity index (χ2n) is 0.492. The average molecular weight is 77.1 g/mol. The van der Waals surface area contributed by atoms with Gasteiger partial charge in [0.15, 0.2) is 0 Å². The molecule has 0 rings (SSSR count). The van der Waals surface area contributed by atoms with E-state index in [-0.39, 0.29) is 5.48 Å². The molecule has 0 saturated carbocycles. The Bertz CT molecular complexity index is 27.9. The molecule has 0 saturated heterocycles. The van der Waals surface area contributed by atoms with Crippen molar-refractivity contribution in [1.82, 2.24) is 0 Å². The quantitative estimate of drug-likeness (QED) is 0.333. The van der Waals surface area contributed by atoms with Crippen molar-refractivity contribution >= 4 is 5.97 Å². The Morgan fingerprint density at radius 1 is 1.80 bits per heavy atom.